The molecule has 0 spiro atoms. The van der Waals surface area contributed by atoms with Crippen LogP contribution < -0.4 is 0 Å². The molecule has 28 heavy (non-hydrogen) atoms. The van der Waals surface area contributed by atoms with Crippen molar-refractivity contribution in [2.24, 2.45) is 45.8 Å². The lowest BCUT2D eigenvalue weighted by Crippen LogP contribution is -2.73. The van der Waals surface area contributed by atoms with Gasteiger partial charge < -0.3 is 14.9 Å². The molecule has 2 bridgehead atoms. The lowest BCUT2D eigenvalue weighted by Gasteiger charge is -2.71. The maximum absolute atomic E-state index is 12.4. The Labute approximate surface area is 171 Å². The fourth-order valence-electron chi connectivity index (χ4n) is 8.79. The van der Waals surface area contributed by atoms with E-state index in [0.717, 1.165) is 19.4 Å². The van der Waals surface area contributed by atoms with E-state index >= 15 is 0 Å². The second kappa shape index (κ2) is 5.86. The molecular formula is C25H42O3. The maximum Gasteiger partial charge on any atom is 0.0769 e. The van der Waals surface area contributed by atoms with Crippen LogP contribution in [0.5, 0.6) is 0 Å². The summed E-state index contributed by atoms with van der Waals surface area (Å²) in [5.41, 5.74) is 1.37. The van der Waals surface area contributed by atoms with Crippen LogP contribution in [0.4, 0.5) is 0 Å². The van der Waals surface area contributed by atoms with Crippen LogP contribution in [0.25, 0.3) is 0 Å². The molecule has 4 aliphatic rings. The molecular weight excluding hydrogens is 348 g/mol. The predicted molar refractivity (Wildman–Crippen MR) is 113 cm³/mol. The molecule has 0 aromatic heterocycles. The van der Waals surface area contributed by atoms with Gasteiger partial charge in [-0.05, 0) is 43.4 Å². The van der Waals surface area contributed by atoms with Crippen molar-refractivity contribution in [2.45, 2.75) is 93.0 Å². The average Bonchev–Trinajstić information content (AvgIpc) is 2.60. The number of hydrogen-bond acceptors (Lipinski definition) is 3. The van der Waals surface area contributed by atoms with Crippen LogP contribution in [0.3, 0.4) is 0 Å². The second-order valence-corrected chi connectivity index (χ2v) is 12.1. The van der Waals surface area contributed by atoms with Gasteiger partial charge in [0.1, 0.15) is 0 Å². The SMILES string of the molecule is CC1=C2[C@H](C)[C@H](O)[C@@]3(C)[C@H]([C@H](C)[C@](O)(C[C@@H]1C)C2(C)C)[C@]1(C)CO[C@@H]1C[C@@H]3C. The van der Waals surface area contributed by atoms with Gasteiger partial charge in [0.05, 0.1) is 24.4 Å². The number of aliphatic hydroxyl groups is 2. The Balaban J connectivity index is 2.00. The van der Waals surface area contributed by atoms with E-state index in [4.69, 9.17) is 4.74 Å². The number of hydrogen-bond donors (Lipinski definition) is 2. The number of rotatable bonds is 0. The summed E-state index contributed by atoms with van der Waals surface area (Å²) in [6.45, 7) is 21.1. The van der Waals surface area contributed by atoms with Gasteiger partial charge in [0.25, 0.3) is 0 Å². The molecule has 10 atom stereocenters. The molecule has 1 heterocycles. The van der Waals surface area contributed by atoms with Gasteiger partial charge >= 0.3 is 0 Å². The quantitative estimate of drug-likeness (QED) is 0.583. The summed E-state index contributed by atoms with van der Waals surface area (Å²) >= 11 is 0. The van der Waals surface area contributed by atoms with Crippen LogP contribution in [-0.4, -0.2) is 34.6 Å². The molecule has 160 valence electrons. The summed E-state index contributed by atoms with van der Waals surface area (Å²) in [6, 6.07) is 0. The van der Waals surface area contributed by atoms with Crippen molar-refractivity contribution < 1.29 is 14.9 Å². The van der Waals surface area contributed by atoms with Crippen molar-refractivity contribution in [1.29, 1.82) is 0 Å². The molecule has 0 unspecified atom stereocenters. The van der Waals surface area contributed by atoms with Gasteiger partial charge in [-0.15, -0.1) is 0 Å². The maximum atomic E-state index is 12.4. The van der Waals surface area contributed by atoms with Gasteiger partial charge in [0.15, 0.2) is 0 Å². The summed E-state index contributed by atoms with van der Waals surface area (Å²) in [4.78, 5) is 0. The fraction of sp³-hybridized carbons (Fsp3) is 0.920. The highest BCUT2D eigenvalue weighted by Gasteiger charge is 2.71. The monoisotopic (exact) mass is 390 g/mol. The van der Waals surface area contributed by atoms with Gasteiger partial charge in [-0.1, -0.05) is 66.5 Å². The van der Waals surface area contributed by atoms with Gasteiger partial charge in [-0.25, -0.2) is 0 Å². The van der Waals surface area contributed by atoms with Crippen LogP contribution in [-0.2, 0) is 4.74 Å². The lowest BCUT2D eigenvalue weighted by molar-refractivity contribution is -0.315. The Kier molecular flexibility index (Phi) is 4.37. The van der Waals surface area contributed by atoms with Crippen molar-refractivity contribution in [3.8, 4) is 0 Å². The van der Waals surface area contributed by atoms with Gasteiger partial charge in [-0.3, -0.25) is 0 Å². The Hall–Kier alpha value is -0.380. The van der Waals surface area contributed by atoms with E-state index in [1.807, 2.05) is 0 Å². The summed E-state index contributed by atoms with van der Waals surface area (Å²) in [5.74, 6) is 1.08. The zero-order valence-corrected chi connectivity index (χ0v) is 19.5. The molecule has 0 amide bonds. The van der Waals surface area contributed by atoms with E-state index in [1.165, 1.54) is 11.1 Å². The Morgan fingerprint density at radius 2 is 1.64 bits per heavy atom. The Morgan fingerprint density at radius 1 is 1.04 bits per heavy atom. The van der Waals surface area contributed by atoms with Crippen LogP contribution in [0, 0.1) is 45.8 Å². The highest BCUT2D eigenvalue weighted by Crippen LogP contribution is 2.69. The molecule has 3 heteroatoms. The second-order valence-electron chi connectivity index (χ2n) is 12.1. The van der Waals surface area contributed by atoms with Crippen molar-refractivity contribution in [1.82, 2.24) is 0 Å². The topological polar surface area (TPSA) is 49.7 Å². The largest absolute Gasteiger partial charge is 0.392 e. The first-order valence-corrected chi connectivity index (χ1v) is 11.5. The first kappa shape index (κ1) is 20.9. The smallest absolute Gasteiger partial charge is 0.0769 e. The van der Waals surface area contributed by atoms with Gasteiger partial charge in [0.2, 0.25) is 0 Å². The number of fused-ring (bicyclic) bond motifs is 5. The Morgan fingerprint density at radius 3 is 2.18 bits per heavy atom. The highest BCUT2D eigenvalue weighted by atomic mass is 16.5. The third-order valence-electron chi connectivity index (χ3n) is 10.7. The molecule has 0 aromatic rings. The summed E-state index contributed by atoms with van der Waals surface area (Å²) < 4.78 is 6.04. The van der Waals surface area contributed by atoms with E-state index in [0.29, 0.717) is 11.8 Å². The van der Waals surface area contributed by atoms with E-state index in [-0.39, 0.29) is 40.1 Å². The standard InChI is InChI=1S/C25H42O3/c1-13-11-25(27)17(5)20-23(8)12-28-18(23)10-14(2)24(20,9)21(26)16(4)19(15(13)3)22(25,6)7/h13-14,16-18,20-21,26-27H,10-12H2,1-9H3/t13-,14-,16-,17-,18+,20+,21-,23+,24+,25+/m0/s1. The molecule has 4 rings (SSSR count). The van der Waals surface area contributed by atoms with Crippen LogP contribution in [0.1, 0.15) is 75.2 Å². The number of ether oxygens (including phenoxy) is 1. The zero-order valence-electron chi connectivity index (χ0n) is 19.5. The number of aliphatic hydroxyl groups excluding tert-OH is 1. The van der Waals surface area contributed by atoms with E-state index < -0.39 is 11.7 Å². The molecule has 1 saturated heterocycles. The van der Waals surface area contributed by atoms with E-state index in [1.54, 1.807) is 0 Å². The lowest BCUT2D eigenvalue weighted by atomic mass is 9.38. The molecule has 3 nitrogen and oxygen atoms in total. The minimum atomic E-state index is -0.776. The van der Waals surface area contributed by atoms with Crippen molar-refractivity contribution in [3.05, 3.63) is 11.1 Å². The summed E-state index contributed by atoms with van der Waals surface area (Å²) in [5, 5.41) is 24.4. The highest BCUT2D eigenvalue weighted by molar-refractivity contribution is 5.36. The molecule has 0 aromatic carbocycles. The van der Waals surface area contributed by atoms with Crippen molar-refractivity contribution in [2.75, 3.05) is 6.61 Å². The molecule has 1 aliphatic heterocycles. The molecule has 2 saturated carbocycles. The number of allylic oxidation sites excluding steroid dienone is 1. The van der Waals surface area contributed by atoms with E-state index in [2.05, 4.69) is 62.3 Å². The average molecular weight is 391 g/mol. The minimum absolute atomic E-state index is 0.0319. The third kappa shape index (κ3) is 2.12. The third-order valence-corrected chi connectivity index (χ3v) is 10.7. The van der Waals surface area contributed by atoms with Crippen LogP contribution in [0.15, 0.2) is 11.1 Å². The molecule has 3 aliphatic carbocycles. The zero-order chi connectivity index (χ0) is 21.0. The molecule has 3 fully saturated rings. The van der Waals surface area contributed by atoms with Crippen molar-refractivity contribution >= 4 is 0 Å². The summed E-state index contributed by atoms with van der Waals surface area (Å²) in [7, 11) is 0. The van der Waals surface area contributed by atoms with Crippen molar-refractivity contribution in [3.63, 3.8) is 0 Å². The normalized spacial score (nSPS) is 58.2. The summed E-state index contributed by atoms with van der Waals surface area (Å²) in [6.07, 6.45) is 1.67. The van der Waals surface area contributed by atoms with Crippen LogP contribution in [0.2, 0.25) is 0 Å². The van der Waals surface area contributed by atoms with E-state index in [9.17, 15) is 10.2 Å². The molecule has 0 radical (unpaired) electrons. The predicted octanol–water partition coefficient (Wildman–Crippen LogP) is 4.81. The Bertz CT molecular complexity index is 711. The van der Waals surface area contributed by atoms with Crippen LogP contribution >= 0.6 is 0 Å². The van der Waals surface area contributed by atoms with Gasteiger partial charge in [-0.2, -0.15) is 0 Å². The first-order chi connectivity index (χ1) is 12.7. The molecule has 2 N–H and O–H groups in total. The minimum Gasteiger partial charge on any atom is -0.392 e. The fourth-order valence-corrected chi connectivity index (χ4v) is 8.79. The first-order valence-electron chi connectivity index (χ1n) is 11.5. The van der Waals surface area contributed by atoms with Gasteiger partial charge in [0, 0.05) is 22.2 Å².